The van der Waals surface area contributed by atoms with E-state index in [4.69, 9.17) is 5.73 Å². The maximum absolute atomic E-state index is 5.90. The van der Waals surface area contributed by atoms with E-state index in [1.165, 1.54) is 11.9 Å². The van der Waals surface area contributed by atoms with Crippen LogP contribution in [0.25, 0.3) is 5.57 Å². The first kappa shape index (κ1) is 9.96. The van der Waals surface area contributed by atoms with Crippen molar-refractivity contribution in [2.45, 2.75) is 6.42 Å². The Labute approximate surface area is 99.3 Å². The largest absolute Gasteiger partial charge is 0.387 e. The van der Waals surface area contributed by atoms with Crippen molar-refractivity contribution in [2.75, 3.05) is 0 Å². The minimum atomic E-state index is 0.111. The molecule has 2 aliphatic rings. The molecule has 0 saturated heterocycles. The molecule has 0 fully saturated rings. The quantitative estimate of drug-likeness (QED) is 0.790. The molecule has 2 heterocycles. The first-order valence-corrected chi connectivity index (χ1v) is 5.51. The lowest BCUT2D eigenvalue weighted by molar-refractivity contribution is 0.794. The van der Waals surface area contributed by atoms with E-state index in [1.807, 2.05) is 18.3 Å². The van der Waals surface area contributed by atoms with Crippen molar-refractivity contribution in [3.8, 4) is 0 Å². The molecule has 1 aromatic heterocycles. The normalized spacial score (nSPS) is 22.4. The molecular formula is C13H12N4. The molecular weight excluding hydrogens is 212 g/mol. The Morgan fingerprint density at radius 3 is 3.06 bits per heavy atom. The summed E-state index contributed by atoms with van der Waals surface area (Å²) in [5.74, 6) is 0.751. The summed E-state index contributed by atoms with van der Waals surface area (Å²) < 4.78 is 0. The average molecular weight is 224 g/mol. The summed E-state index contributed by atoms with van der Waals surface area (Å²) in [6.45, 7) is 0. The van der Waals surface area contributed by atoms with Crippen LogP contribution in [0.2, 0.25) is 0 Å². The van der Waals surface area contributed by atoms with E-state index in [0.717, 1.165) is 17.7 Å². The van der Waals surface area contributed by atoms with Crippen molar-refractivity contribution < 1.29 is 0 Å². The van der Waals surface area contributed by atoms with Crippen molar-refractivity contribution in [3.63, 3.8) is 0 Å². The van der Waals surface area contributed by atoms with Gasteiger partial charge in [-0.15, -0.1) is 0 Å². The first-order chi connectivity index (χ1) is 8.34. The van der Waals surface area contributed by atoms with Gasteiger partial charge in [0.15, 0.2) is 0 Å². The number of nitrogens with zero attached hydrogens (tertiary/aromatic N) is 3. The van der Waals surface area contributed by atoms with Gasteiger partial charge in [0.2, 0.25) is 0 Å². The summed E-state index contributed by atoms with van der Waals surface area (Å²) in [6.07, 6.45) is 10.1. The number of amidine groups is 1. The fourth-order valence-electron chi connectivity index (χ4n) is 2.10. The molecule has 0 aromatic carbocycles. The van der Waals surface area contributed by atoms with Gasteiger partial charge >= 0.3 is 0 Å². The van der Waals surface area contributed by atoms with Crippen LogP contribution in [-0.2, 0) is 0 Å². The standard InChI is InChI=1S/C13H12N4/c14-13-11-6-9(10-2-1-5-15-7-10)3-4-12(11)16-8-17-13/h1-5,7-8,11H,6H2,(H2,14,16,17). The second-order valence-electron chi connectivity index (χ2n) is 4.08. The third-order valence-electron chi connectivity index (χ3n) is 3.04. The van der Waals surface area contributed by atoms with Gasteiger partial charge < -0.3 is 5.73 Å². The Balaban J connectivity index is 1.97. The number of hydrogen-bond acceptors (Lipinski definition) is 4. The molecule has 3 rings (SSSR count). The van der Waals surface area contributed by atoms with Gasteiger partial charge in [-0.1, -0.05) is 12.1 Å². The van der Waals surface area contributed by atoms with E-state index in [9.17, 15) is 0 Å². The van der Waals surface area contributed by atoms with E-state index < -0.39 is 0 Å². The molecule has 4 nitrogen and oxygen atoms in total. The summed E-state index contributed by atoms with van der Waals surface area (Å²) in [4.78, 5) is 12.4. The number of allylic oxidation sites excluding steroid dienone is 3. The van der Waals surface area contributed by atoms with Crippen molar-refractivity contribution in [1.82, 2.24) is 4.98 Å². The molecule has 1 aliphatic carbocycles. The lowest BCUT2D eigenvalue weighted by Gasteiger charge is -2.23. The summed E-state index contributed by atoms with van der Waals surface area (Å²) in [5.41, 5.74) is 9.25. The molecule has 0 saturated carbocycles. The monoisotopic (exact) mass is 224 g/mol. The van der Waals surface area contributed by atoms with Gasteiger partial charge in [0, 0.05) is 12.4 Å². The summed E-state index contributed by atoms with van der Waals surface area (Å²) in [5, 5.41) is 0. The fourth-order valence-corrected chi connectivity index (χ4v) is 2.10. The van der Waals surface area contributed by atoms with Gasteiger partial charge in [0.1, 0.15) is 12.2 Å². The van der Waals surface area contributed by atoms with Crippen LogP contribution in [0.5, 0.6) is 0 Å². The minimum Gasteiger partial charge on any atom is -0.387 e. The summed E-state index contributed by atoms with van der Waals surface area (Å²) in [6, 6.07) is 3.99. The molecule has 0 bridgehead atoms. The van der Waals surface area contributed by atoms with Crippen LogP contribution >= 0.6 is 0 Å². The molecule has 4 heteroatoms. The molecule has 0 amide bonds. The lowest BCUT2D eigenvalue weighted by Crippen LogP contribution is -2.28. The first-order valence-electron chi connectivity index (χ1n) is 5.51. The predicted molar refractivity (Wildman–Crippen MR) is 68.5 cm³/mol. The Morgan fingerprint density at radius 1 is 1.29 bits per heavy atom. The minimum absolute atomic E-state index is 0.111. The molecule has 0 spiro atoms. The highest BCUT2D eigenvalue weighted by Crippen LogP contribution is 2.32. The van der Waals surface area contributed by atoms with Crippen molar-refractivity contribution in [3.05, 3.63) is 47.9 Å². The topological polar surface area (TPSA) is 63.6 Å². The summed E-state index contributed by atoms with van der Waals surface area (Å²) >= 11 is 0. The molecule has 84 valence electrons. The Kier molecular flexibility index (Phi) is 2.33. The van der Waals surface area contributed by atoms with E-state index in [2.05, 4.69) is 27.1 Å². The molecule has 1 aliphatic heterocycles. The highest BCUT2D eigenvalue weighted by molar-refractivity contribution is 5.95. The molecule has 2 N–H and O–H groups in total. The number of aromatic nitrogens is 1. The van der Waals surface area contributed by atoms with Crippen molar-refractivity contribution >= 4 is 17.7 Å². The van der Waals surface area contributed by atoms with Gasteiger partial charge in [-0.05, 0) is 29.7 Å². The van der Waals surface area contributed by atoms with Crippen LogP contribution in [-0.4, -0.2) is 17.2 Å². The van der Waals surface area contributed by atoms with Gasteiger partial charge in [0.05, 0.1) is 11.6 Å². The Bertz CT molecular complexity index is 552. The second-order valence-corrected chi connectivity index (χ2v) is 4.08. The third-order valence-corrected chi connectivity index (χ3v) is 3.04. The van der Waals surface area contributed by atoms with Gasteiger partial charge in [-0.25, -0.2) is 9.98 Å². The molecule has 0 radical (unpaired) electrons. The van der Waals surface area contributed by atoms with Crippen LogP contribution in [0.15, 0.2) is 52.4 Å². The molecule has 1 atom stereocenters. The lowest BCUT2D eigenvalue weighted by atomic mass is 9.87. The SMILES string of the molecule is NC1=NC=NC2=CC=C(c3cccnc3)CC21. The van der Waals surface area contributed by atoms with Crippen molar-refractivity contribution in [2.24, 2.45) is 21.6 Å². The van der Waals surface area contributed by atoms with Crippen LogP contribution in [0.4, 0.5) is 0 Å². The fraction of sp³-hybridized carbons (Fsp3) is 0.154. The van der Waals surface area contributed by atoms with Crippen molar-refractivity contribution in [1.29, 1.82) is 0 Å². The molecule has 1 unspecified atom stereocenters. The maximum atomic E-state index is 5.90. The number of fused-ring (bicyclic) bond motifs is 1. The zero-order valence-electron chi connectivity index (χ0n) is 9.24. The highest BCUT2D eigenvalue weighted by Gasteiger charge is 2.24. The number of nitrogens with two attached hydrogens (primary N) is 1. The van der Waals surface area contributed by atoms with Crippen LogP contribution in [0.1, 0.15) is 12.0 Å². The van der Waals surface area contributed by atoms with Gasteiger partial charge in [-0.2, -0.15) is 0 Å². The van der Waals surface area contributed by atoms with Crippen LogP contribution < -0.4 is 5.73 Å². The number of aliphatic imine (C=N–C) groups is 2. The van der Waals surface area contributed by atoms with E-state index in [1.54, 1.807) is 6.20 Å². The average Bonchev–Trinajstić information content (AvgIpc) is 2.40. The highest BCUT2D eigenvalue weighted by atomic mass is 15.0. The van der Waals surface area contributed by atoms with E-state index in [-0.39, 0.29) is 5.92 Å². The molecule has 17 heavy (non-hydrogen) atoms. The number of rotatable bonds is 1. The molecule has 1 aromatic rings. The van der Waals surface area contributed by atoms with Gasteiger partial charge in [-0.3, -0.25) is 4.98 Å². The summed E-state index contributed by atoms with van der Waals surface area (Å²) in [7, 11) is 0. The maximum Gasteiger partial charge on any atom is 0.117 e. The van der Waals surface area contributed by atoms with E-state index >= 15 is 0 Å². The van der Waals surface area contributed by atoms with Crippen LogP contribution in [0.3, 0.4) is 0 Å². The zero-order valence-corrected chi connectivity index (χ0v) is 9.24. The van der Waals surface area contributed by atoms with E-state index in [0.29, 0.717) is 5.84 Å². The zero-order chi connectivity index (χ0) is 11.7. The second kappa shape index (κ2) is 3.97. The van der Waals surface area contributed by atoms with Crippen LogP contribution in [0, 0.1) is 5.92 Å². The van der Waals surface area contributed by atoms with Gasteiger partial charge in [0.25, 0.3) is 0 Å². The smallest absolute Gasteiger partial charge is 0.117 e. The third kappa shape index (κ3) is 1.78. The Hall–Kier alpha value is -2.23. The number of hydrogen-bond donors (Lipinski definition) is 1. The number of pyridine rings is 1. The Morgan fingerprint density at radius 2 is 2.24 bits per heavy atom. The predicted octanol–water partition coefficient (Wildman–Crippen LogP) is 1.77.